The summed E-state index contributed by atoms with van der Waals surface area (Å²) in [6, 6.07) is 8.18. The van der Waals surface area contributed by atoms with Crippen molar-refractivity contribution >= 4 is 23.4 Å². The number of anilines is 1. The summed E-state index contributed by atoms with van der Waals surface area (Å²) in [5.74, 6) is 0.149. The minimum Gasteiger partial charge on any atom is -0.392 e. The van der Waals surface area contributed by atoms with Crippen LogP contribution in [0.5, 0.6) is 0 Å². The van der Waals surface area contributed by atoms with E-state index < -0.39 is 0 Å². The molecular formula is C17H24N2O2S. The molecule has 0 aliphatic carbocycles. The largest absolute Gasteiger partial charge is 0.392 e. The average molecular weight is 320 g/mol. The van der Waals surface area contributed by atoms with Crippen molar-refractivity contribution in [2.75, 3.05) is 31.1 Å². The van der Waals surface area contributed by atoms with E-state index in [-0.39, 0.29) is 12.0 Å². The molecule has 120 valence electrons. The summed E-state index contributed by atoms with van der Waals surface area (Å²) in [4.78, 5) is 18.0. The molecule has 3 rings (SSSR count). The van der Waals surface area contributed by atoms with Crippen LogP contribution in [0.25, 0.3) is 0 Å². The quantitative estimate of drug-likeness (QED) is 0.908. The van der Waals surface area contributed by atoms with Crippen molar-refractivity contribution in [1.29, 1.82) is 0 Å². The number of hydrogen-bond acceptors (Lipinski definition) is 4. The standard InChI is InChI=1S/C17H24N2O2S/c1-13-8-10-19(15-6-2-3-7-16(15)22-13)17(21)12-18-9-4-5-14(20)11-18/h2-3,6-7,13-14,20H,4-5,8-12H2,1H3/t13-,14-/m0/s1. The topological polar surface area (TPSA) is 43.8 Å². The van der Waals surface area contributed by atoms with Crippen molar-refractivity contribution in [3.8, 4) is 0 Å². The number of carbonyl (C=O) groups is 1. The number of rotatable bonds is 2. The van der Waals surface area contributed by atoms with Gasteiger partial charge in [0.2, 0.25) is 5.91 Å². The molecule has 1 saturated heterocycles. The molecule has 1 N–H and O–H groups in total. The highest BCUT2D eigenvalue weighted by Crippen LogP contribution is 2.37. The summed E-state index contributed by atoms with van der Waals surface area (Å²) >= 11 is 1.85. The van der Waals surface area contributed by atoms with E-state index in [0.29, 0.717) is 18.3 Å². The van der Waals surface area contributed by atoms with E-state index in [9.17, 15) is 9.90 Å². The maximum absolute atomic E-state index is 12.8. The van der Waals surface area contributed by atoms with E-state index in [1.165, 1.54) is 4.90 Å². The Bertz CT molecular complexity index is 537. The van der Waals surface area contributed by atoms with Crippen molar-refractivity contribution in [2.45, 2.75) is 42.4 Å². The lowest BCUT2D eigenvalue weighted by atomic mass is 10.1. The highest BCUT2D eigenvalue weighted by Gasteiger charge is 2.26. The molecule has 1 aromatic carbocycles. The van der Waals surface area contributed by atoms with Gasteiger partial charge in [0.15, 0.2) is 0 Å². The lowest BCUT2D eigenvalue weighted by Crippen LogP contribution is -2.46. The summed E-state index contributed by atoms with van der Waals surface area (Å²) in [5.41, 5.74) is 1.04. The van der Waals surface area contributed by atoms with Gasteiger partial charge in [-0.1, -0.05) is 19.1 Å². The molecule has 22 heavy (non-hydrogen) atoms. The molecular weight excluding hydrogens is 296 g/mol. The number of hydrogen-bond donors (Lipinski definition) is 1. The molecule has 2 aliphatic heterocycles. The van der Waals surface area contributed by atoms with Gasteiger partial charge in [-0.3, -0.25) is 9.69 Å². The number of benzene rings is 1. The molecule has 4 nitrogen and oxygen atoms in total. The minimum absolute atomic E-state index is 0.149. The van der Waals surface area contributed by atoms with Gasteiger partial charge in [0.25, 0.3) is 0 Å². The third kappa shape index (κ3) is 3.65. The Labute approximate surface area is 136 Å². The maximum atomic E-state index is 12.8. The number of amides is 1. The molecule has 1 aromatic rings. The van der Waals surface area contributed by atoms with Crippen molar-refractivity contribution in [2.24, 2.45) is 0 Å². The first-order valence-electron chi connectivity index (χ1n) is 8.10. The molecule has 1 fully saturated rings. The van der Waals surface area contributed by atoms with Crippen LogP contribution in [-0.2, 0) is 4.79 Å². The van der Waals surface area contributed by atoms with Crippen LogP contribution < -0.4 is 4.90 Å². The second-order valence-electron chi connectivity index (χ2n) is 6.26. The van der Waals surface area contributed by atoms with Gasteiger partial charge in [-0.05, 0) is 37.9 Å². The Hall–Kier alpha value is -1.04. The molecule has 0 spiro atoms. The van der Waals surface area contributed by atoms with E-state index in [4.69, 9.17) is 0 Å². The molecule has 0 unspecified atom stereocenters. The van der Waals surface area contributed by atoms with E-state index in [1.807, 2.05) is 34.9 Å². The molecule has 0 aromatic heterocycles. The Balaban J connectivity index is 1.74. The summed E-state index contributed by atoms with van der Waals surface area (Å²) in [7, 11) is 0. The Morgan fingerprint density at radius 1 is 1.32 bits per heavy atom. The highest BCUT2D eigenvalue weighted by molar-refractivity contribution is 8.00. The van der Waals surface area contributed by atoms with E-state index in [0.717, 1.165) is 38.0 Å². The lowest BCUT2D eigenvalue weighted by Gasteiger charge is -2.31. The molecule has 0 radical (unpaired) electrons. The smallest absolute Gasteiger partial charge is 0.241 e. The highest BCUT2D eigenvalue weighted by atomic mass is 32.2. The fourth-order valence-electron chi connectivity index (χ4n) is 3.20. The second-order valence-corrected chi connectivity index (χ2v) is 7.74. The first kappa shape index (κ1) is 15.8. The van der Waals surface area contributed by atoms with Crippen LogP contribution in [0.3, 0.4) is 0 Å². The zero-order valence-corrected chi connectivity index (χ0v) is 13.9. The van der Waals surface area contributed by atoms with Gasteiger partial charge in [-0.25, -0.2) is 0 Å². The van der Waals surface area contributed by atoms with Gasteiger partial charge in [-0.2, -0.15) is 0 Å². The number of carbonyl (C=O) groups excluding carboxylic acids is 1. The molecule has 1 amide bonds. The number of aliphatic hydroxyl groups is 1. The average Bonchev–Trinajstić information content (AvgIpc) is 2.65. The van der Waals surface area contributed by atoms with Gasteiger partial charge >= 0.3 is 0 Å². The van der Waals surface area contributed by atoms with Crippen LogP contribution >= 0.6 is 11.8 Å². The Morgan fingerprint density at radius 2 is 2.14 bits per heavy atom. The van der Waals surface area contributed by atoms with Gasteiger partial charge in [0.05, 0.1) is 18.3 Å². The van der Waals surface area contributed by atoms with Crippen LogP contribution in [0.15, 0.2) is 29.2 Å². The zero-order valence-electron chi connectivity index (χ0n) is 13.1. The number of para-hydroxylation sites is 1. The summed E-state index contributed by atoms with van der Waals surface area (Å²) in [6.45, 7) is 4.93. The second kappa shape index (κ2) is 7.02. The van der Waals surface area contributed by atoms with Crippen molar-refractivity contribution < 1.29 is 9.90 Å². The normalized spacial score (nSPS) is 26.4. The third-order valence-corrected chi connectivity index (χ3v) is 5.62. The zero-order chi connectivity index (χ0) is 15.5. The first-order valence-corrected chi connectivity index (χ1v) is 8.98. The minimum atomic E-state index is -0.284. The van der Waals surface area contributed by atoms with Gasteiger partial charge in [0.1, 0.15) is 0 Å². The van der Waals surface area contributed by atoms with E-state index in [2.05, 4.69) is 17.9 Å². The predicted octanol–water partition coefficient (Wildman–Crippen LogP) is 2.36. The third-order valence-electron chi connectivity index (χ3n) is 4.38. The SMILES string of the molecule is C[C@H]1CCN(C(=O)CN2CCC[C@H](O)C2)c2ccccc2S1. The number of likely N-dealkylation sites (tertiary alicyclic amines) is 1. The fourth-order valence-corrected chi connectivity index (χ4v) is 4.31. The van der Waals surface area contributed by atoms with Crippen LogP contribution in [0, 0.1) is 0 Å². The summed E-state index contributed by atoms with van der Waals surface area (Å²) in [6.07, 6.45) is 2.55. The van der Waals surface area contributed by atoms with Crippen molar-refractivity contribution in [3.05, 3.63) is 24.3 Å². The number of thioether (sulfide) groups is 1. The Morgan fingerprint density at radius 3 is 2.95 bits per heavy atom. The molecule has 5 heteroatoms. The van der Waals surface area contributed by atoms with Crippen LogP contribution in [-0.4, -0.2) is 53.4 Å². The summed E-state index contributed by atoms with van der Waals surface area (Å²) < 4.78 is 0. The van der Waals surface area contributed by atoms with Crippen molar-refractivity contribution in [1.82, 2.24) is 4.90 Å². The van der Waals surface area contributed by atoms with Crippen LogP contribution in [0.1, 0.15) is 26.2 Å². The van der Waals surface area contributed by atoms with Crippen LogP contribution in [0.2, 0.25) is 0 Å². The molecule has 0 saturated carbocycles. The number of piperidine rings is 1. The summed E-state index contributed by atoms with van der Waals surface area (Å²) in [5, 5.41) is 10.3. The number of nitrogens with zero attached hydrogens (tertiary/aromatic N) is 2. The van der Waals surface area contributed by atoms with E-state index in [1.54, 1.807) is 0 Å². The van der Waals surface area contributed by atoms with Gasteiger partial charge < -0.3 is 10.0 Å². The molecule has 2 heterocycles. The molecule has 0 bridgehead atoms. The fraction of sp³-hybridized carbons (Fsp3) is 0.588. The first-order chi connectivity index (χ1) is 10.6. The van der Waals surface area contributed by atoms with Gasteiger partial charge in [0, 0.05) is 23.2 Å². The van der Waals surface area contributed by atoms with Gasteiger partial charge in [-0.15, -0.1) is 11.8 Å². The number of β-amino-alcohol motifs (C(OH)–C–C–N with tert-alkyl or cyclic N) is 1. The monoisotopic (exact) mass is 320 g/mol. The number of fused-ring (bicyclic) bond motifs is 1. The van der Waals surface area contributed by atoms with Crippen LogP contribution in [0.4, 0.5) is 5.69 Å². The predicted molar refractivity (Wildman–Crippen MR) is 90.4 cm³/mol. The molecule has 2 atom stereocenters. The van der Waals surface area contributed by atoms with E-state index >= 15 is 0 Å². The molecule has 2 aliphatic rings. The number of aliphatic hydroxyl groups excluding tert-OH is 1. The Kier molecular flexibility index (Phi) is 5.06. The van der Waals surface area contributed by atoms with Crippen molar-refractivity contribution in [3.63, 3.8) is 0 Å². The maximum Gasteiger partial charge on any atom is 0.241 e. The lowest BCUT2D eigenvalue weighted by molar-refractivity contribution is -0.120.